The summed E-state index contributed by atoms with van der Waals surface area (Å²) in [5, 5.41) is 10.7. The van der Waals surface area contributed by atoms with Gasteiger partial charge in [0.1, 0.15) is 12.4 Å². The fourth-order valence-electron chi connectivity index (χ4n) is 0.836. The Hall–Kier alpha value is -1.73. The zero-order valence-corrected chi connectivity index (χ0v) is 7.82. The highest BCUT2D eigenvalue weighted by Crippen LogP contribution is 2.28. The van der Waals surface area contributed by atoms with E-state index in [-0.39, 0.29) is 18.0 Å². The topological polar surface area (TPSA) is 52.4 Å². The molecule has 0 N–H and O–H groups in total. The van der Waals surface area contributed by atoms with Gasteiger partial charge >= 0.3 is 0 Å². The van der Waals surface area contributed by atoms with Crippen molar-refractivity contribution in [1.82, 2.24) is 0 Å². The van der Waals surface area contributed by atoms with Gasteiger partial charge in [0.2, 0.25) is 0 Å². The molecule has 0 saturated carbocycles. The van der Waals surface area contributed by atoms with E-state index in [1.807, 2.05) is 0 Å². The number of benzene rings is 1. The van der Waals surface area contributed by atoms with Gasteiger partial charge in [-0.05, 0) is 6.07 Å². The molecule has 0 atom stereocenters. The van der Waals surface area contributed by atoms with Crippen LogP contribution in [0, 0.1) is 22.5 Å². The first-order valence-electron chi connectivity index (χ1n) is 3.65. The van der Waals surface area contributed by atoms with E-state index in [1.54, 1.807) is 0 Å². The Kier molecular flexibility index (Phi) is 3.32. The van der Waals surface area contributed by atoms with Gasteiger partial charge in [-0.25, -0.2) is 0 Å². The van der Waals surface area contributed by atoms with Gasteiger partial charge in [0.05, 0.1) is 16.0 Å². The lowest BCUT2D eigenvalue weighted by atomic mass is 10.3. The van der Waals surface area contributed by atoms with Crippen molar-refractivity contribution in [3.8, 4) is 18.1 Å². The smallest absolute Gasteiger partial charge is 0.273 e. The van der Waals surface area contributed by atoms with Gasteiger partial charge in [-0.1, -0.05) is 17.5 Å². The maximum Gasteiger partial charge on any atom is 0.273 e. The number of halogens is 1. The predicted molar refractivity (Wildman–Crippen MR) is 52.4 cm³/mol. The van der Waals surface area contributed by atoms with Crippen molar-refractivity contribution in [3.05, 3.63) is 33.3 Å². The normalized spacial score (nSPS) is 9.14. The summed E-state index contributed by atoms with van der Waals surface area (Å²) in [5.41, 5.74) is -0.0820. The average Bonchev–Trinajstić information content (AvgIpc) is 2.16. The van der Waals surface area contributed by atoms with Gasteiger partial charge in [0, 0.05) is 6.07 Å². The summed E-state index contributed by atoms with van der Waals surface area (Å²) in [6, 6.07) is 3.93. The van der Waals surface area contributed by atoms with Crippen LogP contribution in [0.2, 0.25) is 5.02 Å². The molecule has 0 spiro atoms. The van der Waals surface area contributed by atoms with Crippen molar-refractivity contribution >= 4 is 17.3 Å². The molecule has 0 radical (unpaired) electrons. The molecule has 0 saturated heterocycles. The van der Waals surface area contributed by atoms with E-state index in [2.05, 4.69) is 5.92 Å². The van der Waals surface area contributed by atoms with E-state index in [0.29, 0.717) is 5.02 Å². The van der Waals surface area contributed by atoms with Gasteiger partial charge in [-0.3, -0.25) is 10.1 Å². The summed E-state index contributed by atoms with van der Waals surface area (Å²) >= 11 is 5.72. The van der Waals surface area contributed by atoms with Gasteiger partial charge < -0.3 is 4.74 Å². The number of terminal acetylenes is 1. The van der Waals surface area contributed by atoms with Gasteiger partial charge in [-0.2, -0.15) is 0 Å². The Morgan fingerprint density at radius 1 is 1.64 bits per heavy atom. The lowest BCUT2D eigenvalue weighted by Gasteiger charge is -2.03. The van der Waals surface area contributed by atoms with Gasteiger partial charge in [-0.15, -0.1) is 6.42 Å². The van der Waals surface area contributed by atoms with Crippen LogP contribution >= 0.6 is 11.6 Å². The quantitative estimate of drug-likeness (QED) is 0.438. The zero-order valence-electron chi connectivity index (χ0n) is 7.07. The highest BCUT2D eigenvalue weighted by atomic mass is 35.5. The van der Waals surface area contributed by atoms with Crippen LogP contribution < -0.4 is 4.74 Å². The Labute approximate surface area is 85.6 Å². The monoisotopic (exact) mass is 211 g/mol. The SMILES string of the molecule is C#CCOc1cc([N+](=O)[O-])ccc1Cl. The summed E-state index contributed by atoms with van der Waals surface area (Å²) in [6.45, 7) is 0.0287. The first-order chi connectivity index (χ1) is 6.65. The second kappa shape index (κ2) is 4.49. The molecule has 0 aliphatic rings. The van der Waals surface area contributed by atoms with Gasteiger partial charge in [0.15, 0.2) is 0 Å². The van der Waals surface area contributed by atoms with Crippen LogP contribution in [0.25, 0.3) is 0 Å². The third-order valence-electron chi connectivity index (χ3n) is 1.44. The van der Waals surface area contributed by atoms with Crippen molar-refractivity contribution in [2.75, 3.05) is 6.61 Å². The minimum Gasteiger partial charge on any atom is -0.479 e. The molecular formula is C9H6ClNO3. The van der Waals surface area contributed by atoms with E-state index >= 15 is 0 Å². The third-order valence-corrected chi connectivity index (χ3v) is 1.75. The van der Waals surface area contributed by atoms with Crippen LogP contribution in [-0.2, 0) is 0 Å². The molecule has 5 heteroatoms. The minimum absolute atomic E-state index is 0.0287. The van der Waals surface area contributed by atoms with Crippen molar-refractivity contribution in [2.45, 2.75) is 0 Å². The second-order valence-corrected chi connectivity index (χ2v) is 2.77. The molecule has 0 aliphatic heterocycles. The molecule has 0 aromatic heterocycles. The summed E-state index contributed by atoms with van der Waals surface area (Å²) in [5.74, 6) is 2.46. The second-order valence-electron chi connectivity index (χ2n) is 2.36. The summed E-state index contributed by atoms with van der Waals surface area (Å²) in [6.07, 6.45) is 4.97. The molecule has 0 unspecified atom stereocenters. The first kappa shape index (κ1) is 10.4. The lowest BCUT2D eigenvalue weighted by molar-refractivity contribution is -0.384. The fourth-order valence-corrected chi connectivity index (χ4v) is 1.01. The van der Waals surface area contributed by atoms with E-state index < -0.39 is 4.92 Å². The molecule has 1 aromatic rings. The number of non-ortho nitro benzene ring substituents is 1. The zero-order chi connectivity index (χ0) is 10.6. The molecule has 1 rings (SSSR count). The largest absolute Gasteiger partial charge is 0.479 e. The average molecular weight is 212 g/mol. The van der Waals surface area contributed by atoms with E-state index in [4.69, 9.17) is 22.8 Å². The number of hydrogen-bond acceptors (Lipinski definition) is 3. The standard InChI is InChI=1S/C9H6ClNO3/c1-2-5-14-9-6-7(11(12)13)3-4-8(9)10/h1,3-4,6H,5H2. The Bertz CT molecular complexity index is 398. The number of nitro benzene ring substituents is 1. The van der Waals surface area contributed by atoms with Crippen molar-refractivity contribution in [2.24, 2.45) is 0 Å². The highest BCUT2D eigenvalue weighted by molar-refractivity contribution is 6.32. The highest BCUT2D eigenvalue weighted by Gasteiger charge is 2.09. The van der Waals surface area contributed by atoms with Crippen LogP contribution in [-0.4, -0.2) is 11.5 Å². The maximum atomic E-state index is 10.4. The molecule has 4 nitrogen and oxygen atoms in total. The van der Waals surface area contributed by atoms with Crippen molar-refractivity contribution in [1.29, 1.82) is 0 Å². The minimum atomic E-state index is -0.529. The number of hydrogen-bond donors (Lipinski definition) is 0. The van der Waals surface area contributed by atoms with Crippen LogP contribution in [0.4, 0.5) is 5.69 Å². The fraction of sp³-hybridized carbons (Fsp3) is 0.111. The molecule has 0 aliphatic carbocycles. The molecule has 1 aromatic carbocycles. The Morgan fingerprint density at radius 2 is 2.36 bits per heavy atom. The Balaban J connectivity index is 2.97. The van der Waals surface area contributed by atoms with Crippen LogP contribution in [0.15, 0.2) is 18.2 Å². The summed E-state index contributed by atoms with van der Waals surface area (Å²) in [4.78, 5) is 9.88. The van der Waals surface area contributed by atoms with Gasteiger partial charge in [0.25, 0.3) is 5.69 Å². The van der Waals surface area contributed by atoms with Crippen molar-refractivity contribution in [3.63, 3.8) is 0 Å². The summed E-state index contributed by atoms with van der Waals surface area (Å²) in [7, 11) is 0. The van der Waals surface area contributed by atoms with Crippen LogP contribution in [0.1, 0.15) is 0 Å². The number of rotatable bonds is 3. The number of nitrogens with zero attached hydrogens (tertiary/aromatic N) is 1. The van der Waals surface area contributed by atoms with E-state index in [0.717, 1.165) is 0 Å². The lowest BCUT2D eigenvalue weighted by Crippen LogP contribution is -1.95. The number of ether oxygens (including phenoxy) is 1. The van der Waals surface area contributed by atoms with Crippen LogP contribution in [0.5, 0.6) is 5.75 Å². The van der Waals surface area contributed by atoms with Crippen LogP contribution in [0.3, 0.4) is 0 Å². The third kappa shape index (κ3) is 2.38. The molecule has 72 valence electrons. The Morgan fingerprint density at radius 3 is 2.93 bits per heavy atom. The molecule has 0 fully saturated rings. The van der Waals surface area contributed by atoms with E-state index in [9.17, 15) is 10.1 Å². The molecule has 0 bridgehead atoms. The summed E-state index contributed by atoms with van der Waals surface area (Å²) < 4.78 is 5.00. The molecule has 0 heterocycles. The molecule has 0 amide bonds. The molecular weight excluding hydrogens is 206 g/mol. The predicted octanol–water partition coefficient (Wildman–Crippen LogP) is 2.26. The molecule has 14 heavy (non-hydrogen) atoms. The maximum absolute atomic E-state index is 10.4. The van der Waals surface area contributed by atoms with E-state index in [1.165, 1.54) is 18.2 Å². The number of nitro groups is 1. The first-order valence-corrected chi connectivity index (χ1v) is 4.03. The van der Waals surface area contributed by atoms with Crippen molar-refractivity contribution < 1.29 is 9.66 Å².